The molecule has 0 atom stereocenters. The summed E-state index contributed by atoms with van der Waals surface area (Å²) in [5, 5.41) is 11.3. The SMILES string of the molecule is CCCCCCN1C(=C/C=C(\O)C(C=O)=CC2=[N+](CCC)c3ccccc3C2(C)C)C(C)(C)c2cc(C=O)ccc21. The lowest BCUT2D eigenvalue weighted by Gasteiger charge is -2.27. The summed E-state index contributed by atoms with van der Waals surface area (Å²) in [7, 11) is 0. The summed E-state index contributed by atoms with van der Waals surface area (Å²) in [6, 6.07) is 14.2. The van der Waals surface area contributed by atoms with Gasteiger partial charge in [0.15, 0.2) is 12.0 Å². The van der Waals surface area contributed by atoms with Gasteiger partial charge in [0.25, 0.3) is 0 Å². The molecule has 0 amide bonds. The van der Waals surface area contributed by atoms with Gasteiger partial charge in [-0.15, -0.1) is 0 Å². The van der Waals surface area contributed by atoms with Crippen LogP contribution < -0.4 is 4.90 Å². The molecule has 1 N–H and O–H groups in total. The summed E-state index contributed by atoms with van der Waals surface area (Å²) in [6.45, 7) is 14.7. The standard InChI is InChI=1S/C36H44N2O3/c1-7-9-10-13-21-38-31-17-16-26(24-39)22-29(31)36(5,6)33(38)19-18-32(41)27(25-40)23-34-35(3,4)28-14-11-12-15-30(28)37(34)20-8-2/h11-12,14-19,22-25H,7-10,13,20-21H2,1-6H3/p+1. The number of aldehydes is 2. The number of anilines is 1. The fraction of sp³-hybridized carbons (Fsp3) is 0.417. The van der Waals surface area contributed by atoms with E-state index < -0.39 is 0 Å². The number of fused-ring (bicyclic) bond motifs is 2. The van der Waals surface area contributed by atoms with Crippen LogP contribution in [0, 0.1) is 0 Å². The molecule has 0 spiro atoms. The molecule has 0 bridgehead atoms. The fourth-order valence-corrected chi connectivity index (χ4v) is 6.34. The third kappa shape index (κ3) is 5.72. The van der Waals surface area contributed by atoms with Crippen molar-refractivity contribution in [3.8, 4) is 0 Å². The monoisotopic (exact) mass is 553 g/mol. The minimum Gasteiger partial charge on any atom is -0.507 e. The first kappa shape index (κ1) is 30.2. The Morgan fingerprint density at radius 2 is 1.68 bits per heavy atom. The van der Waals surface area contributed by atoms with Gasteiger partial charge in [-0.05, 0) is 56.2 Å². The average molecular weight is 554 g/mol. The van der Waals surface area contributed by atoms with Crippen LogP contribution in [0.3, 0.4) is 0 Å². The predicted molar refractivity (Wildman–Crippen MR) is 169 cm³/mol. The Hall–Kier alpha value is -3.73. The third-order valence-corrected chi connectivity index (χ3v) is 8.65. The van der Waals surface area contributed by atoms with E-state index in [1.54, 1.807) is 6.08 Å². The van der Waals surface area contributed by atoms with Gasteiger partial charge in [-0.25, -0.2) is 0 Å². The van der Waals surface area contributed by atoms with Crippen LogP contribution in [0.25, 0.3) is 0 Å². The molecule has 41 heavy (non-hydrogen) atoms. The fourth-order valence-electron chi connectivity index (χ4n) is 6.34. The first-order valence-corrected chi connectivity index (χ1v) is 15.0. The number of nitrogens with zero attached hydrogens (tertiary/aromatic N) is 2. The number of hydrogen-bond acceptors (Lipinski definition) is 4. The van der Waals surface area contributed by atoms with E-state index in [9.17, 15) is 14.7 Å². The minimum absolute atomic E-state index is 0.0607. The van der Waals surface area contributed by atoms with Crippen LogP contribution in [0.1, 0.15) is 95.1 Å². The molecule has 2 aliphatic heterocycles. The Bertz CT molecular complexity index is 1440. The Morgan fingerprint density at radius 1 is 0.927 bits per heavy atom. The number of rotatable bonds is 12. The average Bonchev–Trinajstić information content (AvgIpc) is 3.31. The highest BCUT2D eigenvalue weighted by Crippen LogP contribution is 2.48. The maximum absolute atomic E-state index is 12.4. The van der Waals surface area contributed by atoms with Crippen molar-refractivity contribution in [2.75, 3.05) is 18.0 Å². The van der Waals surface area contributed by atoms with E-state index in [1.165, 1.54) is 18.4 Å². The summed E-state index contributed by atoms with van der Waals surface area (Å²) < 4.78 is 2.27. The Morgan fingerprint density at radius 3 is 2.37 bits per heavy atom. The van der Waals surface area contributed by atoms with Crippen LogP contribution in [0.2, 0.25) is 0 Å². The van der Waals surface area contributed by atoms with Crippen LogP contribution in [-0.2, 0) is 15.6 Å². The highest BCUT2D eigenvalue weighted by atomic mass is 16.3. The van der Waals surface area contributed by atoms with Crippen LogP contribution in [-0.4, -0.2) is 41.1 Å². The molecule has 2 aromatic carbocycles. The summed E-state index contributed by atoms with van der Waals surface area (Å²) >= 11 is 0. The van der Waals surface area contributed by atoms with Crippen molar-refractivity contribution in [3.63, 3.8) is 0 Å². The van der Waals surface area contributed by atoms with Crippen molar-refractivity contribution in [1.82, 2.24) is 0 Å². The minimum atomic E-state index is -0.372. The van der Waals surface area contributed by atoms with Gasteiger partial charge >= 0.3 is 0 Å². The Balaban J connectivity index is 1.75. The lowest BCUT2D eigenvalue weighted by molar-refractivity contribution is -0.437. The van der Waals surface area contributed by atoms with E-state index in [0.717, 1.165) is 73.3 Å². The summed E-state index contributed by atoms with van der Waals surface area (Å²) in [6.07, 6.45) is 12.6. The third-order valence-electron chi connectivity index (χ3n) is 8.65. The van der Waals surface area contributed by atoms with Crippen LogP contribution in [0.5, 0.6) is 0 Å². The van der Waals surface area contributed by atoms with Gasteiger partial charge in [0.2, 0.25) is 5.69 Å². The molecule has 0 radical (unpaired) electrons. The first-order valence-electron chi connectivity index (χ1n) is 15.0. The second-order valence-corrected chi connectivity index (χ2v) is 12.2. The number of aliphatic hydroxyl groups excluding tert-OH is 1. The number of carbonyl (C=O) groups excluding carboxylic acids is 2. The molecule has 2 aromatic rings. The van der Waals surface area contributed by atoms with Crippen molar-refractivity contribution < 1.29 is 19.3 Å². The molecule has 5 nitrogen and oxygen atoms in total. The maximum Gasteiger partial charge on any atom is 0.209 e. The van der Waals surface area contributed by atoms with Gasteiger partial charge in [-0.3, -0.25) is 9.59 Å². The van der Waals surface area contributed by atoms with Gasteiger partial charge in [0, 0.05) is 53.0 Å². The van der Waals surface area contributed by atoms with E-state index in [-0.39, 0.29) is 22.2 Å². The van der Waals surface area contributed by atoms with Crippen molar-refractivity contribution in [3.05, 3.63) is 94.4 Å². The lowest BCUT2D eigenvalue weighted by Crippen LogP contribution is -2.28. The van der Waals surface area contributed by atoms with E-state index in [2.05, 4.69) is 69.2 Å². The largest absolute Gasteiger partial charge is 0.507 e. The molecule has 0 saturated carbocycles. The van der Waals surface area contributed by atoms with Gasteiger partial charge < -0.3 is 10.0 Å². The summed E-state index contributed by atoms with van der Waals surface area (Å²) in [4.78, 5) is 26.2. The molecule has 0 saturated heterocycles. The van der Waals surface area contributed by atoms with Crippen molar-refractivity contribution in [1.29, 1.82) is 0 Å². The van der Waals surface area contributed by atoms with Crippen molar-refractivity contribution in [2.45, 2.75) is 84.5 Å². The van der Waals surface area contributed by atoms with Gasteiger partial charge in [-0.2, -0.15) is 4.58 Å². The first-order chi connectivity index (χ1) is 19.6. The molecule has 0 fully saturated rings. The molecule has 2 heterocycles. The van der Waals surface area contributed by atoms with Crippen LogP contribution in [0.15, 0.2) is 77.7 Å². The topological polar surface area (TPSA) is 60.6 Å². The van der Waals surface area contributed by atoms with E-state index in [4.69, 9.17) is 0 Å². The molecule has 216 valence electrons. The zero-order valence-corrected chi connectivity index (χ0v) is 25.5. The quantitative estimate of drug-likeness (QED) is 0.0720. The van der Waals surface area contributed by atoms with Crippen LogP contribution in [0.4, 0.5) is 11.4 Å². The number of benzene rings is 2. The van der Waals surface area contributed by atoms with Crippen molar-refractivity contribution in [2.24, 2.45) is 0 Å². The predicted octanol–water partition coefficient (Wildman–Crippen LogP) is 8.11. The smallest absolute Gasteiger partial charge is 0.209 e. The maximum atomic E-state index is 12.4. The zero-order chi connectivity index (χ0) is 29.8. The molecular weight excluding hydrogens is 508 g/mol. The molecule has 0 aliphatic carbocycles. The second-order valence-electron chi connectivity index (χ2n) is 12.2. The Labute approximate surface area is 245 Å². The number of allylic oxidation sites excluding steroid dienone is 5. The molecule has 0 aromatic heterocycles. The number of para-hydroxylation sites is 1. The zero-order valence-electron chi connectivity index (χ0n) is 25.5. The number of aliphatic hydroxyl groups is 1. The Kier molecular flexibility index (Phi) is 9.16. The highest BCUT2D eigenvalue weighted by molar-refractivity contribution is 6.06. The number of hydrogen-bond donors (Lipinski definition) is 1. The van der Waals surface area contributed by atoms with E-state index in [1.807, 2.05) is 36.4 Å². The highest BCUT2D eigenvalue weighted by Gasteiger charge is 2.44. The number of carbonyl (C=O) groups is 2. The van der Waals surface area contributed by atoms with E-state index >= 15 is 0 Å². The molecule has 4 rings (SSSR count). The molecule has 5 heteroatoms. The number of unbranched alkanes of at least 4 members (excludes halogenated alkanes) is 3. The lowest BCUT2D eigenvalue weighted by atomic mass is 9.81. The van der Waals surface area contributed by atoms with E-state index in [0.29, 0.717) is 5.56 Å². The second kappa shape index (κ2) is 12.4. The molecule has 2 aliphatic rings. The molecular formula is C36H45N2O3+. The van der Waals surface area contributed by atoms with Crippen molar-refractivity contribution >= 4 is 29.7 Å². The molecule has 0 unspecified atom stereocenters. The van der Waals surface area contributed by atoms with Gasteiger partial charge in [-0.1, -0.05) is 65.2 Å². The summed E-state index contributed by atoms with van der Waals surface area (Å²) in [5.74, 6) is -0.0607. The van der Waals surface area contributed by atoms with Crippen LogP contribution >= 0.6 is 0 Å². The normalized spacial score (nSPS) is 18.6. The summed E-state index contributed by atoms with van der Waals surface area (Å²) in [5.41, 5.74) is 6.84. The van der Waals surface area contributed by atoms with Gasteiger partial charge in [0.05, 0.1) is 11.0 Å². The van der Waals surface area contributed by atoms with Gasteiger partial charge in [0.1, 0.15) is 18.6 Å².